The van der Waals surface area contributed by atoms with E-state index in [0.29, 0.717) is 5.69 Å². The Kier molecular flexibility index (Phi) is 2.22. The van der Waals surface area contributed by atoms with E-state index in [9.17, 15) is 0 Å². The second-order valence-electron chi connectivity index (χ2n) is 3.83. The zero-order chi connectivity index (χ0) is 11.7. The van der Waals surface area contributed by atoms with Crippen molar-refractivity contribution in [3.05, 3.63) is 36.3 Å². The largest absolute Gasteiger partial charge is 0.346 e. The fourth-order valence-corrected chi connectivity index (χ4v) is 1.91. The molecule has 6 nitrogen and oxygen atoms in total. The number of hydrogen-bond donors (Lipinski definition) is 0. The van der Waals surface area contributed by atoms with Crippen LogP contribution in [-0.4, -0.2) is 26.1 Å². The molecule has 0 spiro atoms. The summed E-state index contributed by atoms with van der Waals surface area (Å²) >= 11 is 0. The highest BCUT2D eigenvalue weighted by Crippen LogP contribution is 2.16. The standard InChI is InChI=1S/C11H10N6/c12-5-9-6-15-10(7-14-9)17-4-3-16-2-1-13-11(16)8-17/h1-2,6-7H,3-4,8H2. The van der Waals surface area contributed by atoms with Crippen LogP contribution in [0.15, 0.2) is 24.8 Å². The summed E-state index contributed by atoms with van der Waals surface area (Å²) in [5.41, 5.74) is 0.340. The fraction of sp³-hybridized carbons (Fsp3) is 0.273. The first-order valence-corrected chi connectivity index (χ1v) is 5.34. The third kappa shape index (κ3) is 1.72. The van der Waals surface area contributed by atoms with E-state index in [1.807, 2.05) is 18.5 Å². The first-order chi connectivity index (χ1) is 8.36. The van der Waals surface area contributed by atoms with Crippen LogP contribution in [0.4, 0.5) is 5.82 Å². The zero-order valence-electron chi connectivity index (χ0n) is 9.11. The number of anilines is 1. The second-order valence-corrected chi connectivity index (χ2v) is 3.83. The van der Waals surface area contributed by atoms with Crippen LogP contribution in [0.2, 0.25) is 0 Å². The van der Waals surface area contributed by atoms with Gasteiger partial charge in [-0.05, 0) is 0 Å². The van der Waals surface area contributed by atoms with Gasteiger partial charge in [-0.3, -0.25) is 0 Å². The highest BCUT2D eigenvalue weighted by molar-refractivity contribution is 5.38. The Morgan fingerprint density at radius 1 is 1.18 bits per heavy atom. The maximum Gasteiger partial charge on any atom is 0.158 e. The van der Waals surface area contributed by atoms with Crippen LogP contribution in [0.3, 0.4) is 0 Å². The van der Waals surface area contributed by atoms with E-state index in [1.165, 1.54) is 6.20 Å². The number of imidazole rings is 1. The summed E-state index contributed by atoms with van der Waals surface area (Å²) in [4.78, 5) is 14.7. The van der Waals surface area contributed by atoms with Crippen LogP contribution < -0.4 is 4.90 Å². The maximum atomic E-state index is 8.66. The van der Waals surface area contributed by atoms with Crippen molar-refractivity contribution < 1.29 is 0 Å². The molecule has 2 aromatic heterocycles. The predicted octanol–water partition coefficient (Wildman–Crippen LogP) is 0.565. The molecule has 17 heavy (non-hydrogen) atoms. The summed E-state index contributed by atoms with van der Waals surface area (Å²) in [6.45, 7) is 2.51. The predicted molar refractivity (Wildman–Crippen MR) is 60.0 cm³/mol. The first-order valence-electron chi connectivity index (χ1n) is 5.34. The Bertz CT molecular complexity index is 564. The number of fused-ring (bicyclic) bond motifs is 1. The zero-order valence-corrected chi connectivity index (χ0v) is 9.11. The van der Waals surface area contributed by atoms with E-state index < -0.39 is 0 Å². The van der Waals surface area contributed by atoms with Gasteiger partial charge in [0, 0.05) is 25.5 Å². The molecule has 84 valence electrons. The van der Waals surface area contributed by atoms with Gasteiger partial charge in [-0.25, -0.2) is 15.0 Å². The Labute approximate surface area is 98.2 Å². The Morgan fingerprint density at radius 2 is 2.12 bits per heavy atom. The molecular weight excluding hydrogens is 216 g/mol. The lowest BCUT2D eigenvalue weighted by atomic mass is 10.3. The molecule has 0 amide bonds. The minimum atomic E-state index is 0.340. The van der Waals surface area contributed by atoms with Crippen LogP contribution in [0.5, 0.6) is 0 Å². The molecule has 6 heteroatoms. The summed E-state index contributed by atoms with van der Waals surface area (Å²) in [6.07, 6.45) is 6.92. The van der Waals surface area contributed by atoms with Crippen molar-refractivity contribution in [1.82, 2.24) is 19.5 Å². The molecule has 1 aliphatic rings. The van der Waals surface area contributed by atoms with Crippen LogP contribution in [0.25, 0.3) is 0 Å². The van der Waals surface area contributed by atoms with Crippen LogP contribution in [0.1, 0.15) is 11.5 Å². The van der Waals surface area contributed by atoms with Crippen LogP contribution >= 0.6 is 0 Å². The summed E-state index contributed by atoms with van der Waals surface area (Å²) in [7, 11) is 0. The summed E-state index contributed by atoms with van der Waals surface area (Å²) in [5.74, 6) is 1.82. The number of rotatable bonds is 1. The van der Waals surface area contributed by atoms with Gasteiger partial charge in [-0.1, -0.05) is 0 Å². The van der Waals surface area contributed by atoms with Gasteiger partial charge in [0.15, 0.2) is 5.69 Å². The van der Waals surface area contributed by atoms with E-state index in [0.717, 1.165) is 31.3 Å². The van der Waals surface area contributed by atoms with Gasteiger partial charge >= 0.3 is 0 Å². The topological polar surface area (TPSA) is 70.6 Å². The van der Waals surface area contributed by atoms with E-state index in [2.05, 4.69) is 24.4 Å². The SMILES string of the molecule is N#Cc1cnc(N2CCn3ccnc3C2)cn1. The van der Waals surface area contributed by atoms with E-state index in [-0.39, 0.29) is 0 Å². The molecule has 0 atom stereocenters. The lowest BCUT2D eigenvalue weighted by molar-refractivity contribution is 0.555. The number of nitrogens with zero attached hydrogens (tertiary/aromatic N) is 6. The number of aromatic nitrogens is 4. The molecule has 0 unspecified atom stereocenters. The molecule has 0 saturated heterocycles. The normalized spacial score (nSPS) is 14.2. The van der Waals surface area contributed by atoms with Crippen molar-refractivity contribution in [2.24, 2.45) is 0 Å². The monoisotopic (exact) mass is 226 g/mol. The second kappa shape index (κ2) is 3.87. The lowest BCUT2D eigenvalue weighted by Crippen LogP contribution is -2.34. The molecule has 0 saturated carbocycles. The van der Waals surface area contributed by atoms with Crippen molar-refractivity contribution in [2.75, 3.05) is 11.4 Å². The molecule has 0 aromatic carbocycles. The average Bonchev–Trinajstić information content (AvgIpc) is 2.86. The maximum absolute atomic E-state index is 8.66. The van der Waals surface area contributed by atoms with Gasteiger partial charge in [0.2, 0.25) is 0 Å². The van der Waals surface area contributed by atoms with Crippen molar-refractivity contribution in [3.8, 4) is 6.07 Å². The third-order valence-corrected chi connectivity index (χ3v) is 2.82. The minimum absolute atomic E-state index is 0.340. The highest BCUT2D eigenvalue weighted by Gasteiger charge is 2.17. The lowest BCUT2D eigenvalue weighted by Gasteiger charge is -2.28. The number of hydrogen-bond acceptors (Lipinski definition) is 5. The first kappa shape index (κ1) is 9.78. The van der Waals surface area contributed by atoms with E-state index in [4.69, 9.17) is 5.26 Å². The van der Waals surface area contributed by atoms with Gasteiger partial charge in [0.05, 0.1) is 18.9 Å². The average molecular weight is 226 g/mol. The molecule has 3 rings (SSSR count). The van der Waals surface area contributed by atoms with Crippen molar-refractivity contribution in [3.63, 3.8) is 0 Å². The van der Waals surface area contributed by atoms with E-state index in [1.54, 1.807) is 6.20 Å². The summed E-state index contributed by atoms with van der Waals surface area (Å²) < 4.78 is 2.13. The summed E-state index contributed by atoms with van der Waals surface area (Å²) in [5, 5.41) is 8.66. The molecule has 0 aliphatic carbocycles. The van der Waals surface area contributed by atoms with Gasteiger partial charge in [0.1, 0.15) is 17.7 Å². The highest BCUT2D eigenvalue weighted by atomic mass is 15.3. The van der Waals surface area contributed by atoms with Gasteiger partial charge in [0.25, 0.3) is 0 Å². The Morgan fingerprint density at radius 3 is 2.88 bits per heavy atom. The molecule has 0 N–H and O–H groups in total. The summed E-state index contributed by atoms with van der Waals surface area (Å²) in [6, 6.07) is 1.96. The van der Waals surface area contributed by atoms with Crippen molar-refractivity contribution >= 4 is 5.82 Å². The molecule has 3 heterocycles. The van der Waals surface area contributed by atoms with Gasteiger partial charge in [-0.15, -0.1) is 0 Å². The Balaban J connectivity index is 1.84. The minimum Gasteiger partial charge on any atom is -0.346 e. The molecule has 1 aliphatic heterocycles. The van der Waals surface area contributed by atoms with Crippen molar-refractivity contribution in [2.45, 2.75) is 13.1 Å². The van der Waals surface area contributed by atoms with Gasteiger partial charge in [-0.2, -0.15) is 5.26 Å². The quantitative estimate of drug-likeness (QED) is 0.710. The molecule has 0 bridgehead atoms. The van der Waals surface area contributed by atoms with Crippen LogP contribution in [-0.2, 0) is 13.1 Å². The molecule has 0 radical (unpaired) electrons. The third-order valence-electron chi connectivity index (χ3n) is 2.82. The molecule has 0 fully saturated rings. The Hall–Kier alpha value is -2.42. The van der Waals surface area contributed by atoms with Gasteiger partial charge < -0.3 is 9.47 Å². The fourth-order valence-electron chi connectivity index (χ4n) is 1.91. The number of nitriles is 1. The van der Waals surface area contributed by atoms with Crippen LogP contribution in [0, 0.1) is 11.3 Å². The van der Waals surface area contributed by atoms with E-state index >= 15 is 0 Å². The molecular formula is C11H10N6. The van der Waals surface area contributed by atoms with Crippen molar-refractivity contribution in [1.29, 1.82) is 5.26 Å². The smallest absolute Gasteiger partial charge is 0.158 e. The molecule has 2 aromatic rings.